The molecular formula is C15H18FN5O. The first-order valence-electron chi connectivity index (χ1n) is 7.36. The Hall–Kier alpha value is -2.44. The third kappa shape index (κ3) is 2.66. The van der Waals surface area contributed by atoms with Crippen LogP contribution in [0.25, 0.3) is 0 Å². The van der Waals surface area contributed by atoms with Gasteiger partial charge >= 0.3 is 0 Å². The van der Waals surface area contributed by atoms with Crippen LogP contribution in [-0.4, -0.2) is 40.7 Å². The normalized spacial score (nSPS) is 15.2. The van der Waals surface area contributed by atoms with Gasteiger partial charge in [0, 0.05) is 51.3 Å². The molecule has 0 atom stereocenters. The van der Waals surface area contributed by atoms with Gasteiger partial charge in [-0.1, -0.05) is 0 Å². The lowest BCUT2D eigenvalue weighted by Gasteiger charge is -2.35. The van der Waals surface area contributed by atoms with Crippen LogP contribution in [-0.2, 0) is 6.54 Å². The number of piperazine rings is 1. The van der Waals surface area contributed by atoms with Crippen molar-refractivity contribution >= 4 is 11.6 Å². The van der Waals surface area contributed by atoms with E-state index in [0.29, 0.717) is 44.4 Å². The van der Waals surface area contributed by atoms with Gasteiger partial charge in [0.25, 0.3) is 5.56 Å². The van der Waals surface area contributed by atoms with Crippen LogP contribution in [0.15, 0.2) is 35.5 Å². The maximum atomic E-state index is 13.8. The van der Waals surface area contributed by atoms with E-state index in [-0.39, 0.29) is 11.4 Å². The highest BCUT2D eigenvalue weighted by molar-refractivity contribution is 5.44. The van der Waals surface area contributed by atoms with Gasteiger partial charge in [-0.3, -0.25) is 4.79 Å². The van der Waals surface area contributed by atoms with Crippen LogP contribution in [0.1, 0.15) is 6.92 Å². The SMILES string of the molecule is CCn1ccnc(N2CCN(c3ncccc3F)CC2)c1=O. The van der Waals surface area contributed by atoms with Gasteiger partial charge in [-0.25, -0.2) is 14.4 Å². The number of nitrogens with zero attached hydrogens (tertiary/aromatic N) is 5. The van der Waals surface area contributed by atoms with E-state index in [1.165, 1.54) is 6.07 Å². The van der Waals surface area contributed by atoms with Crippen molar-refractivity contribution in [2.24, 2.45) is 0 Å². The van der Waals surface area contributed by atoms with Gasteiger partial charge in [0.15, 0.2) is 17.5 Å². The maximum Gasteiger partial charge on any atom is 0.293 e. The number of anilines is 2. The van der Waals surface area contributed by atoms with Crippen LogP contribution in [0.3, 0.4) is 0 Å². The maximum absolute atomic E-state index is 13.8. The van der Waals surface area contributed by atoms with Crippen LogP contribution in [0.4, 0.5) is 16.0 Å². The molecule has 1 aliphatic heterocycles. The van der Waals surface area contributed by atoms with Crippen molar-refractivity contribution in [2.75, 3.05) is 36.0 Å². The fourth-order valence-corrected chi connectivity index (χ4v) is 2.64. The fourth-order valence-electron chi connectivity index (χ4n) is 2.64. The smallest absolute Gasteiger partial charge is 0.293 e. The van der Waals surface area contributed by atoms with Crippen molar-refractivity contribution in [1.82, 2.24) is 14.5 Å². The third-order valence-electron chi connectivity index (χ3n) is 3.85. The second-order valence-corrected chi connectivity index (χ2v) is 5.12. The van der Waals surface area contributed by atoms with Crippen molar-refractivity contribution in [3.05, 3.63) is 46.9 Å². The van der Waals surface area contributed by atoms with E-state index < -0.39 is 0 Å². The summed E-state index contributed by atoms with van der Waals surface area (Å²) in [7, 11) is 0. The van der Waals surface area contributed by atoms with Gasteiger partial charge < -0.3 is 14.4 Å². The summed E-state index contributed by atoms with van der Waals surface area (Å²) in [6.45, 7) is 4.99. The molecule has 1 saturated heterocycles. The van der Waals surface area contributed by atoms with Crippen molar-refractivity contribution < 1.29 is 4.39 Å². The van der Waals surface area contributed by atoms with E-state index in [1.54, 1.807) is 29.2 Å². The molecule has 0 unspecified atom stereocenters. The summed E-state index contributed by atoms with van der Waals surface area (Å²) in [6, 6.07) is 2.99. The number of hydrogen-bond donors (Lipinski definition) is 0. The molecule has 0 radical (unpaired) electrons. The molecule has 0 spiro atoms. The Morgan fingerprint density at radius 2 is 1.73 bits per heavy atom. The van der Waals surface area contributed by atoms with Gasteiger partial charge in [-0.15, -0.1) is 0 Å². The molecule has 0 aliphatic carbocycles. The third-order valence-corrected chi connectivity index (χ3v) is 3.85. The van der Waals surface area contributed by atoms with E-state index in [4.69, 9.17) is 0 Å². The quantitative estimate of drug-likeness (QED) is 0.850. The molecule has 0 bridgehead atoms. The fraction of sp³-hybridized carbons (Fsp3) is 0.400. The summed E-state index contributed by atoms with van der Waals surface area (Å²) in [5, 5.41) is 0. The summed E-state index contributed by atoms with van der Waals surface area (Å²) in [5.74, 6) is 0.516. The molecule has 2 aromatic heterocycles. The van der Waals surface area contributed by atoms with Crippen LogP contribution >= 0.6 is 0 Å². The Morgan fingerprint density at radius 3 is 2.36 bits per heavy atom. The Balaban J connectivity index is 1.75. The highest BCUT2D eigenvalue weighted by Crippen LogP contribution is 2.18. The van der Waals surface area contributed by atoms with Crippen molar-refractivity contribution in [3.8, 4) is 0 Å². The number of pyridine rings is 1. The summed E-state index contributed by atoms with van der Waals surface area (Å²) in [4.78, 5) is 24.4. The second-order valence-electron chi connectivity index (χ2n) is 5.12. The molecule has 22 heavy (non-hydrogen) atoms. The van der Waals surface area contributed by atoms with Gasteiger partial charge in [0.2, 0.25) is 0 Å². The molecule has 0 aromatic carbocycles. The molecule has 116 valence electrons. The Labute approximate surface area is 127 Å². The van der Waals surface area contributed by atoms with Gasteiger partial charge in [-0.2, -0.15) is 0 Å². The molecule has 0 N–H and O–H groups in total. The Kier molecular flexibility index (Phi) is 4.04. The zero-order valence-corrected chi connectivity index (χ0v) is 12.4. The largest absolute Gasteiger partial charge is 0.351 e. The molecule has 6 nitrogen and oxygen atoms in total. The average molecular weight is 303 g/mol. The standard InChI is InChI=1S/C15H18FN5O/c1-2-19-7-6-18-14(15(19)22)21-10-8-20(9-11-21)13-12(16)4-3-5-17-13/h3-7H,2,8-11H2,1H3. The minimum absolute atomic E-state index is 0.0810. The molecular weight excluding hydrogens is 285 g/mol. The number of rotatable bonds is 3. The van der Waals surface area contributed by atoms with Gasteiger partial charge in [0.1, 0.15) is 0 Å². The second kappa shape index (κ2) is 6.13. The average Bonchev–Trinajstić information content (AvgIpc) is 2.56. The van der Waals surface area contributed by atoms with E-state index in [9.17, 15) is 9.18 Å². The predicted molar refractivity (Wildman–Crippen MR) is 82.8 cm³/mol. The first-order valence-corrected chi connectivity index (χ1v) is 7.36. The van der Waals surface area contributed by atoms with E-state index in [1.807, 2.05) is 16.7 Å². The zero-order chi connectivity index (χ0) is 15.5. The van der Waals surface area contributed by atoms with Crippen LogP contribution in [0.2, 0.25) is 0 Å². The minimum atomic E-state index is -0.317. The first-order chi connectivity index (χ1) is 10.7. The monoisotopic (exact) mass is 303 g/mol. The lowest BCUT2D eigenvalue weighted by atomic mass is 10.3. The molecule has 3 heterocycles. The van der Waals surface area contributed by atoms with E-state index in [2.05, 4.69) is 9.97 Å². The molecule has 0 amide bonds. The highest BCUT2D eigenvalue weighted by atomic mass is 19.1. The zero-order valence-electron chi connectivity index (χ0n) is 12.4. The Bertz CT molecular complexity index is 709. The molecule has 2 aromatic rings. The lowest BCUT2D eigenvalue weighted by Crippen LogP contribution is -2.49. The van der Waals surface area contributed by atoms with Gasteiger partial charge in [-0.05, 0) is 19.1 Å². The summed E-state index contributed by atoms with van der Waals surface area (Å²) in [6.07, 6.45) is 4.92. The molecule has 1 aliphatic rings. The van der Waals surface area contributed by atoms with Crippen molar-refractivity contribution in [3.63, 3.8) is 0 Å². The van der Waals surface area contributed by atoms with Crippen LogP contribution in [0.5, 0.6) is 0 Å². The predicted octanol–water partition coefficient (Wildman–Crippen LogP) is 1.12. The van der Waals surface area contributed by atoms with E-state index >= 15 is 0 Å². The number of halogens is 1. The minimum Gasteiger partial charge on any atom is -0.351 e. The first kappa shape index (κ1) is 14.5. The molecule has 0 saturated carbocycles. The topological polar surface area (TPSA) is 54.3 Å². The highest BCUT2D eigenvalue weighted by Gasteiger charge is 2.22. The molecule has 7 heteroatoms. The number of aromatic nitrogens is 3. The van der Waals surface area contributed by atoms with Crippen molar-refractivity contribution in [2.45, 2.75) is 13.5 Å². The molecule has 3 rings (SSSR count). The summed E-state index contributed by atoms with van der Waals surface area (Å²) >= 11 is 0. The number of hydrogen-bond acceptors (Lipinski definition) is 5. The molecule has 1 fully saturated rings. The van der Waals surface area contributed by atoms with Gasteiger partial charge in [0.05, 0.1) is 0 Å². The van der Waals surface area contributed by atoms with Crippen molar-refractivity contribution in [1.29, 1.82) is 0 Å². The van der Waals surface area contributed by atoms with Crippen LogP contribution in [0, 0.1) is 5.82 Å². The Morgan fingerprint density at radius 1 is 1.09 bits per heavy atom. The number of aryl methyl sites for hydroxylation is 1. The summed E-state index contributed by atoms with van der Waals surface area (Å²) < 4.78 is 15.4. The lowest BCUT2D eigenvalue weighted by molar-refractivity contribution is 0.584. The summed E-state index contributed by atoms with van der Waals surface area (Å²) in [5.41, 5.74) is -0.0810. The van der Waals surface area contributed by atoms with E-state index in [0.717, 1.165) is 0 Å². The van der Waals surface area contributed by atoms with Crippen LogP contribution < -0.4 is 15.4 Å².